The topological polar surface area (TPSA) is 83.1 Å². The van der Waals surface area contributed by atoms with Crippen molar-refractivity contribution in [2.24, 2.45) is 5.92 Å². The molecule has 40 heavy (non-hydrogen) atoms. The summed E-state index contributed by atoms with van der Waals surface area (Å²) in [5, 5.41) is 15.3. The number of nitrogens with zero attached hydrogens (tertiary/aromatic N) is 1. The van der Waals surface area contributed by atoms with Crippen molar-refractivity contribution in [2.45, 2.75) is 64.4 Å². The van der Waals surface area contributed by atoms with Crippen molar-refractivity contribution >= 4 is 6.03 Å². The van der Waals surface area contributed by atoms with Crippen molar-refractivity contribution in [3.8, 4) is 0 Å². The van der Waals surface area contributed by atoms with Gasteiger partial charge in [0, 0.05) is 31.1 Å². The third-order valence-corrected chi connectivity index (χ3v) is 8.01. The van der Waals surface area contributed by atoms with Gasteiger partial charge in [-0.05, 0) is 48.2 Å². The average molecular weight is 544 g/mol. The highest BCUT2D eigenvalue weighted by molar-refractivity contribution is 5.73. The van der Waals surface area contributed by atoms with Crippen molar-refractivity contribution in [3.63, 3.8) is 0 Å². The van der Waals surface area contributed by atoms with Crippen molar-refractivity contribution in [2.75, 3.05) is 19.6 Å². The second-order valence-electron chi connectivity index (χ2n) is 10.9. The molecule has 0 unspecified atom stereocenters. The fraction of sp³-hybridized carbons (Fsp3) is 0.424. The van der Waals surface area contributed by atoms with Gasteiger partial charge in [0.2, 0.25) is 0 Å². The van der Waals surface area contributed by atoms with Crippen molar-refractivity contribution < 1.29 is 19.4 Å². The van der Waals surface area contributed by atoms with E-state index in [9.17, 15) is 9.90 Å². The number of ether oxygens (including phenoxy) is 2. The van der Waals surface area contributed by atoms with Gasteiger partial charge in [0.1, 0.15) is 0 Å². The number of likely N-dealkylation sites (tertiary alicyclic amines) is 1. The standard InChI is InChI=1S/C33H41N3O4/c1-24-30(22-36-18-6-3-7-19-36)39-32(40-31(24)28-14-12-27(23-37)13-15-28)29-16-10-26(11-17-29)21-35-33(38)34-20-25-8-4-2-5-9-25/h2,4-5,8-17,24,30-32,37H,3,6-7,18-23H2,1H3,(H2,34,35,38)/t24-,30+,31+,32+/m1/s1. The number of aliphatic hydroxyl groups excluding tert-OH is 1. The molecule has 3 aromatic rings. The number of aliphatic hydroxyl groups is 1. The van der Waals surface area contributed by atoms with E-state index in [1.54, 1.807) is 0 Å². The van der Waals surface area contributed by atoms with E-state index in [1.165, 1.54) is 19.3 Å². The lowest BCUT2D eigenvalue weighted by molar-refractivity contribution is -0.276. The minimum Gasteiger partial charge on any atom is -0.392 e. The number of piperidine rings is 1. The summed E-state index contributed by atoms with van der Waals surface area (Å²) in [7, 11) is 0. The van der Waals surface area contributed by atoms with Crippen molar-refractivity contribution in [3.05, 3.63) is 107 Å². The molecule has 0 aliphatic carbocycles. The first-order chi connectivity index (χ1) is 19.6. The molecule has 2 heterocycles. The summed E-state index contributed by atoms with van der Waals surface area (Å²) < 4.78 is 13.2. The summed E-state index contributed by atoms with van der Waals surface area (Å²) >= 11 is 0. The smallest absolute Gasteiger partial charge is 0.315 e. The third kappa shape index (κ3) is 7.49. The molecule has 2 aliphatic heterocycles. The molecular formula is C33H41N3O4. The Bertz CT molecular complexity index is 1200. The second kappa shape index (κ2) is 13.9. The van der Waals surface area contributed by atoms with Crippen LogP contribution in [-0.2, 0) is 29.2 Å². The van der Waals surface area contributed by atoms with Crippen LogP contribution in [0.2, 0.25) is 0 Å². The van der Waals surface area contributed by atoms with Gasteiger partial charge in [-0.3, -0.25) is 0 Å². The van der Waals surface area contributed by atoms with E-state index in [2.05, 4.69) is 34.6 Å². The number of hydrogen-bond acceptors (Lipinski definition) is 5. The molecule has 7 nitrogen and oxygen atoms in total. The molecular weight excluding hydrogens is 502 g/mol. The maximum Gasteiger partial charge on any atom is 0.315 e. The van der Waals surface area contributed by atoms with Crippen molar-refractivity contribution in [1.82, 2.24) is 15.5 Å². The first-order valence-electron chi connectivity index (χ1n) is 14.5. The number of hydrogen-bond donors (Lipinski definition) is 3. The number of nitrogens with one attached hydrogen (secondary N) is 2. The molecule has 0 spiro atoms. The lowest BCUT2D eigenvalue weighted by atomic mass is 9.89. The molecule has 2 amide bonds. The van der Waals surface area contributed by atoms with E-state index < -0.39 is 6.29 Å². The van der Waals surface area contributed by atoms with Crippen molar-refractivity contribution in [1.29, 1.82) is 0 Å². The predicted octanol–water partition coefficient (Wildman–Crippen LogP) is 5.46. The Kier molecular flexibility index (Phi) is 9.84. The number of carbonyl (C=O) groups excluding carboxylic acids is 1. The molecule has 0 radical (unpaired) electrons. The zero-order valence-electron chi connectivity index (χ0n) is 23.3. The van der Waals surface area contributed by atoms with E-state index in [1.807, 2.05) is 66.7 Å². The first-order valence-corrected chi connectivity index (χ1v) is 14.5. The van der Waals surface area contributed by atoms with Gasteiger partial charge in [-0.25, -0.2) is 4.79 Å². The zero-order valence-corrected chi connectivity index (χ0v) is 23.3. The Labute approximate surface area is 237 Å². The first kappa shape index (κ1) is 28.3. The summed E-state index contributed by atoms with van der Waals surface area (Å²) in [4.78, 5) is 14.8. The average Bonchev–Trinajstić information content (AvgIpc) is 3.01. The fourth-order valence-electron chi connectivity index (χ4n) is 5.54. The van der Waals surface area contributed by atoms with E-state index in [0.717, 1.165) is 47.5 Å². The van der Waals surface area contributed by atoms with Gasteiger partial charge >= 0.3 is 6.03 Å². The van der Waals surface area contributed by atoms with Crippen LogP contribution in [0.4, 0.5) is 4.79 Å². The third-order valence-electron chi connectivity index (χ3n) is 8.01. The molecule has 212 valence electrons. The van der Waals surface area contributed by atoms with Crippen LogP contribution in [0.3, 0.4) is 0 Å². The number of benzene rings is 3. The number of amides is 2. The second-order valence-corrected chi connectivity index (χ2v) is 10.9. The Hall–Kier alpha value is -3.23. The summed E-state index contributed by atoms with van der Waals surface area (Å²) in [6.07, 6.45) is 3.23. The molecule has 2 saturated heterocycles. The van der Waals surface area contributed by atoms with Gasteiger partial charge in [-0.2, -0.15) is 0 Å². The number of urea groups is 1. The Balaban J connectivity index is 1.23. The van der Waals surface area contributed by atoms with Gasteiger partial charge in [0.25, 0.3) is 0 Å². The molecule has 0 bridgehead atoms. The summed E-state index contributed by atoms with van der Waals surface area (Å²) in [5.41, 5.74) is 5.02. The SMILES string of the molecule is C[C@@H]1[C@H](CN2CCCCC2)O[C@H](c2ccc(CNC(=O)NCc3ccccc3)cc2)O[C@@H]1c1ccc(CO)cc1. The van der Waals surface area contributed by atoms with Crippen LogP contribution < -0.4 is 10.6 Å². The van der Waals surface area contributed by atoms with Crippen LogP contribution >= 0.6 is 0 Å². The van der Waals surface area contributed by atoms with E-state index in [4.69, 9.17) is 9.47 Å². The summed E-state index contributed by atoms with van der Waals surface area (Å²) in [6, 6.07) is 25.8. The largest absolute Gasteiger partial charge is 0.392 e. The summed E-state index contributed by atoms with van der Waals surface area (Å²) in [6.45, 7) is 6.30. The van der Waals surface area contributed by atoms with Gasteiger partial charge in [-0.1, -0.05) is 92.2 Å². The summed E-state index contributed by atoms with van der Waals surface area (Å²) in [5.74, 6) is 0.177. The lowest BCUT2D eigenvalue weighted by Crippen LogP contribution is -2.45. The molecule has 7 heteroatoms. The normalized spacial score (nSPS) is 23.4. The van der Waals surface area contributed by atoms with Gasteiger partial charge < -0.3 is 30.1 Å². The molecule has 2 fully saturated rings. The maximum atomic E-state index is 12.3. The Morgan fingerprint density at radius 1 is 0.800 bits per heavy atom. The highest BCUT2D eigenvalue weighted by Crippen LogP contribution is 2.42. The molecule has 3 N–H and O–H groups in total. The minimum absolute atomic E-state index is 0.0283. The molecule has 2 aliphatic rings. The van der Waals surface area contributed by atoms with E-state index in [-0.39, 0.29) is 30.8 Å². The molecule has 3 aromatic carbocycles. The monoisotopic (exact) mass is 543 g/mol. The van der Waals surface area contributed by atoms with Crippen LogP contribution in [0.5, 0.6) is 0 Å². The van der Waals surface area contributed by atoms with Crippen LogP contribution in [0.25, 0.3) is 0 Å². The molecule has 4 atom stereocenters. The molecule has 5 rings (SSSR count). The predicted molar refractivity (Wildman–Crippen MR) is 155 cm³/mol. The van der Waals surface area contributed by atoms with E-state index in [0.29, 0.717) is 13.1 Å². The lowest BCUT2D eigenvalue weighted by Gasteiger charge is -2.43. The van der Waals surface area contributed by atoms with Gasteiger partial charge in [-0.15, -0.1) is 0 Å². The zero-order chi connectivity index (χ0) is 27.7. The van der Waals surface area contributed by atoms with Crippen LogP contribution in [-0.4, -0.2) is 41.8 Å². The van der Waals surface area contributed by atoms with E-state index >= 15 is 0 Å². The Morgan fingerprint density at radius 2 is 1.40 bits per heavy atom. The quantitative estimate of drug-likeness (QED) is 0.334. The van der Waals surface area contributed by atoms with Crippen LogP contribution in [0.1, 0.15) is 66.4 Å². The molecule has 0 aromatic heterocycles. The fourth-order valence-corrected chi connectivity index (χ4v) is 5.54. The Morgan fingerprint density at radius 3 is 2.05 bits per heavy atom. The van der Waals surface area contributed by atoms with Crippen LogP contribution in [0.15, 0.2) is 78.9 Å². The maximum absolute atomic E-state index is 12.3. The molecule has 0 saturated carbocycles. The number of rotatable bonds is 9. The van der Waals surface area contributed by atoms with Gasteiger partial charge in [0.05, 0.1) is 18.8 Å². The number of carbonyl (C=O) groups is 1. The highest BCUT2D eigenvalue weighted by Gasteiger charge is 2.39. The highest BCUT2D eigenvalue weighted by atomic mass is 16.7. The van der Waals surface area contributed by atoms with Crippen LogP contribution in [0, 0.1) is 5.92 Å². The van der Waals surface area contributed by atoms with Gasteiger partial charge in [0.15, 0.2) is 6.29 Å². The minimum atomic E-state index is -0.482.